The number of benzene rings is 2. The van der Waals surface area contributed by atoms with Crippen LogP contribution in [0.25, 0.3) is 16.5 Å². The summed E-state index contributed by atoms with van der Waals surface area (Å²) in [4.78, 5) is 34.4. The Morgan fingerprint density at radius 2 is 1.78 bits per heavy atom. The molecular weight excluding hydrogens is 552 g/mol. The van der Waals surface area contributed by atoms with Crippen molar-refractivity contribution in [3.05, 3.63) is 83.6 Å². The molecule has 11 nitrogen and oxygen atoms in total. The molecule has 1 heterocycles. The van der Waals surface area contributed by atoms with Crippen molar-refractivity contribution in [3.8, 4) is 5.75 Å². The van der Waals surface area contributed by atoms with Crippen LogP contribution in [0.15, 0.2) is 71.2 Å². The number of amides is 1. The van der Waals surface area contributed by atoms with Crippen LogP contribution < -0.4 is 14.8 Å². The highest BCUT2D eigenvalue weighted by Gasteiger charge is 2.46. The van der Waals surface area contributed by atoms with Gasteiger partial charge in [0, 0.05) is 12.0 Å². The first-order valence-electron chi connectivity index (χ1n) is 12.7. The molecule has 1 unspecified atom stereocenters. The van der Waals surface area contributed by atoms with Gasteiger partial charge in [0.05, 0.1) is 5.39 Å². The van der Waals surface area contributed by atoms with E-state index < -0.39 is 51.3 Å². The summed E-state index contributed by atoms with van der Waals surface area (Å²) < 4.78 is 41.0. The number of aliphatic carboxylic acids is 2. The normalized spacial score (nSPS) is 17.7. The van der Waals surface area contributed by atoms with Gasteiger partial charge < -0.3 is 24.7 Å². The zero-order chi connectivity index (χ0) is 29.9. The van der Waals surface area contributed by atoms with E-state index in [-0.39, 0.29) is 23.5 Å². The maximum absolute atomic E-state index is 13.8. The van der Waals surface area contributed by atoms with Gasteiger partial charge in [-0.2, -0.15) is 4.72 Å². The van der Waals surface area contributed by atoms with Crippen LogP contribution in [0.5, 0.6) is 5.75 Å². The van der Waals surface area contributed by atoms with Crippen LogP contribution in [0.1, 0.15) is 41.9 Å². The second kappa shape index (κ2) is 11.6. The molecule has 1 amide bonds. The first kappa shape index (κ1) is 29.6. The fourth-order valence-corrected chi connectivity index (χ4v) is 6.26. The molecule has 0 bridgehead atoms. The highest BCUT2D eigenvalue weighted by Crippen LogP contribution is 2.35. The van der Waals surface area contributed by atoms with E-state index in [0.29, 0.717) is 10.9 Å². The van der Waals surface area contributed by atoms with E-state index >= 15 is 0 Å². The summed E-state index contributed by atoms with van der Waals surface area (Å²) in [5.74, 6) is -4.01. The summed E-state index contributed by atoms with van der Waals surface area (Å²) in [5, 5.41) is 21.6. The molecule has 0 radical (unpaired) electrons. The van der Waals surface area contributed by atoms with E-state index in [2.05, 4.69) is 10.0 Å². The highest BCUT2D eigenvalue weighted by molar-refractivity contribution is 7.91. The minimum absolute atomic E-state index is 0.184. The molecule has 2 atom stereocenters. The van der Waals surface area contributed by atoms with Crippen LogP contribution in [0.2, 0.25) is 0 Å². The lowest BCUT2D eigenvalue weighted by Crippen LogP contribution is -2.60. The van der Waals surface area contributed by atoms with Crippen molar-refractivity contribution in [1.29, 1.82) is 0 Å². The maximum Gasteiger partial charge on any atom is 0.341 e. The highest BCUT2D eigenvalue weighted by atomic mass is 32.2. The Morgan fingerprint density at radius 3 is 2.37 bits per heavy atom. The van der Waals surface area contributed by atoms with Gasteiger partial charge in [0.2, 0.25) is 10.0 Å². The molecule has 0 aliphatic heterocycles. The van der Waals surface area contributed by atoms with Gasteiger partial charge in [-0.25, -0.2) is 13.2 Å². The first-order chi connectivity index (χ1) is 19.3. The maximum atomic E-state index is 13.8. The Bertz CT molecular complexity index is 1660. The van der Waals surface area contributed by atoms with Crippen LogP contribution in [-0.4, -0.2) is 54.0 Å². The lowest BCUT2D eigenvalue weighted by Gasteiger charge is -2.34. The molecule has 216 valence electrons. The molecule has 4 N–H and O–H groups in total. The van der Waals surface area contributed by atoms with Crippen LogP contribution in [0.4, 0.5) is 0 Å². The Kier molecular flexibility index (Phi) is 8.36. The molecule has 2 aromatic carbocycles. The van der Waals surface area contributed by atoms with Gasteiger partial charge in [0.1, 0.15) is 17.4 Å². The fraction of sp³-hybridized carbons (Fsp3) is 0.276. The number of fused-ring (bicyclic) bond motifs is 1. The van der Waals surface area contributed by atoms with Crippen molar-refractivity contribution in [2.45, 2.75) is 38.1 Å². The summed E-state index contributed by atoms with van der Waals surface area (Å²) in [5.41, 5.74) is 2.11. The summed E-state index contributed by atoms with van der Waals surface area (Å²) in [6, 6.07) is 12.5. The van der Waals surface area contributed by atoms with Crippen LogP contribution in [0.3, 0.4) is 0 Å². The number of nitrogens with one attached hydrogen (secondary N) is 2. The monoisotopic (exact) mass is 582 g/mol. The minimum atomic E-state index is -4.54. The second-order valence-corrected chi connectivity index (χ2v) is 11.9. The number of sulfonamides is 1. The van der Waals surface area contributed by atoms with E-state index in [1.54, 1.807) is 45.1 Å². The van der Waals surface area contributed by atoms with Crippen molar-refractivity contribution in [2.24, 2.45) is 5.92 Å². The third-order valence-corrected chi connectivity index (χ3v) is 8.69. The Labute approximate surface area is 236 Å². The number of furan rings is 1. The molecule has 0 saturated carbocycles. The number of carboxylic acid groups (broad SMARTS) is 2. The average molecular weight is 583 g/mol. The quantitative estimate of drug-likeness (QED) is 0.263. The van der Waals surface area contributed by atoms with Gasteiger partial charge in [-0.05, 0) is 42.2 Å². The van der Waals surface area contributed by atoms with Crippen LogP contribution in [-0.2, 0) is 19.6 Å². The predicted molar refractivity (Wildman–Crippen MR) is 151 cm³/mol. The zero-order valence-electron chi connectivity index (χ0n) is 22.6. The van der Waals surface area contributed by atoms with Crippen molar-refractivity contribution in [3.63, 3.8) is 0 Å². The molecule has 12 heteroatoms. The number of hydrogen-bond acceptors (Lipinski definition) is 7. The number of carbonyl (C=O) groups excluding carboxylic acids is 1. The Morgan fingerprint density at radius 1 is 1.07 bits per heavy atom. The minimum Gasteiger partial charge on any atom is -0.481 e. The average Bonchev–Trinajstić information content (AvgIpc) is 3.28. The van der Waals surface area contributed by atoms with Crippen LogP contribution >= 0.6 is 0 Å². The predicted octanol–water partition coefficient (Wildman–Crippen LogP) is 3.70. The van der Waals surface area contributed by atoms with E-state index in [4.69, 9.17) is 14.3 Å². The number of aryl methyl sites for hydroxylation is 1. The number of allylic oxidation sites excluding steroid dienone is 2. The van der Waals surface area contributed by atoms with Crippen molar-refractivity contribution in [1.82, 2.24) is 10.0 Å². The number of carboxylic acids is 2. The molecule has 3 aromatic rings. The standard InChI is InChI=1S/C29H30N2O9S/c1-17(2)25(28(35)36)31-41(37,38)29(14-12-20(13-15-29)19-8-5-4-6-9-19)30-27(34)26-18(3)24-21(39-16-23(32)33)10-7-11-22(24)40-26/h4-14,17,25,31H,15-16H2,1-3H3,(H,30,34)(H,32,33)(H,35,36)/t25-,29?/m0/s1. The van der Waals surface area contributed by atoms with E-state index in [0.717, 1.165) is 11.1 Å². The largest absolute Gasteiger partial charge is 0.481 e. The molecule has 41 heavy (non-hydrogen) atoms. The number of carbonyl (C=O) groups is 3. The Hall–Kier alpha value is -4.42. The molecule has 1 aliphatic carbocycles. The third kappa shape index (κ3) is 6.03. The number of rotatable bonds is 11. The lowest BCUT2D eigenvalue weighted by molar-refractivity contribution is -0.140. The second-order valence-electron chi connectivity index (χ2n) is 9.96. The summed E-state index contributed by atoms with van der Waals surface area (Å²) >= 11 is 0. The molecule has 1 aliphatic rings. The summed E-state index contributed by atoms with van der Waals surface area (Å²) in [7, 11) is -4.54. The molecule has 0 saturated heterocycles. The van der Waals surface area contributed by atoms with E-state index in [1.807, 2.05) is 30.3 Å². The smallest absolute Gasteiger partial charge is 0.341 e. The topological polar surface area (TPSA) is 172 Å². The first-order valence-corrected chi connectivity index (χ1v) is 14.2. The van der Waals surface area contributed by atoms with Gasteiger partial charge in [-0.1, -0.05) is 62.4 Å². The zero-order valence-corrected chi connectivity index (χ0v) is 23.4. The van der Waals surface area contributed by atoms with Gasteiger partial charge in [-0.3, -0.25) is 9.59 Å². The summed E-state index contributed by atoms with van der Waals surface area (Å²) in [6.45, 7) is 4.09. The molecule has 0 fully saturated rings. The van der Waals surface area contributed by atoms with Gasteiger partial charge in [-0.15, -0.1) is 0 Å². The fourth-order valence-electron chi connectivity index (χ4n) is 4.56. The van der Waals surface area contributed by atoms with Crippen molar-refractivity contribution < 1.29 is 42.2 Å². The number of ether oxygens (including phenoxy) is 1. The van der Waals surface area contributed by atoms with Gasteiger partial charge in [0.25, 0.3) is 5.91 Å². The van der Waals surface area contributed by atoms with E-state index in [1.165, 1.54) is 12.1 Å². The molecular formula is C29H30N2O9S. The summed E-state index contributed by atoms with van der Waals surface area (Å²) in [6.07, 6.45) is 4.34. The van der Waals surface area contributed by atoms with Crippen molar-refractivity contribution >= 4 is 44.4 Å². The lowest BCUT2D eigenvalue weighted by atomic mass is 9.96. The molecule has 0 spiro atoms. The van der Waals surface area contributed by atoms with Gasteiger partial charge >= 0.3 is 11.9 Å². The third-order valence-electron chi connectivity index (χ3n) is 6.76. The Balaban J connectivity index is 1.74. The number of hydrogen-bond donors (Lipinski definition) is 4. The SMILES string of the molecule is Cc1c(C(=O)NC2(S(=O)(=O)N[C@H](C(=O)O)C(C)C)C=CC(c3ccccc3)=CC2)oc2cccc(OCC(=O)O)c12. The van der Waals surface area contributed by atoms with Crippen LogP contribution in [0, 0.1) is 12.8 Å². The molecule has 1 aromatic heterocycles. The van der Waals surface area contributed by atoms with E-state index in [9.17, 15) is 27.9 Å². The van der Waals surface area contributed by atoms with Gasteiger partial charge in [0.15, 0.2) is 17.2 Å². The molecule has 4 rings (SSSR count). The van der Waals surface area contributed by atoms with Crippen molar-refractivity contribution in [2.75, 3.05) is 6.61 Å².